The van der Waals surface area contributed by atoms with Gasteiger partial charge in [0.25, 0.3) is 0 Å². The van der Waals surface area contributed by atoms with Crippen molar-refractivity contribution in [1.82, 2.24) is 8.85 Å². The van der Waals surface area contributed by atoms with E-state index in [1.807, 2.05) is 0 Å². The van der Waals surface area contributed by atoms with Gasteiger partial charge in [-0.1, -0.05) is 0 Å². The number of aliphatic hydroxyl groups excluding tert-OH is 3. The highest BCUT2D eigenvalue weighted by molar-refractivity contribution is 14.1. The first kappa shape index (κ1) is 20.5. The molecule has 2 amide bonds. The molecule has 1 rings (SSSR count). The lowest BCUT2D eigenvalue weighted by atomic mass is 9.97. The first-order valence-electron chi connectivity index (χ1n) is 7.31. The van der Waals surface area contributed by atoms with Gasteiger partial charge in [0.05, 0.1) is 29.5 Å². The summed E-state index contributed by atoms with van der Waals surface area (Å²) in [6.45, 7) is 1.04. The predicted molar refractivity (Wildman–Crippen MR) is 87.3 cm³/mol. The fourth-order valence-corrected chi connectivity index (χ4v) is 2.52. The third-order valence-corrected chi connectivity index (χ3v) is 4.04. The van der Waals surface area contributed by atoms with Crippen LogP contribution in [0, 0.1) is 0 Å². The van der Waals surface area contributed by atoms with E-state index in [1.165, 1.54) is 6.92 Å². The molecule has 0 aliphatic carbocycles. The maximum absolute atomic E-state index is 11.2. The van der Waals surface area contributed by atoms with Crippen molar-refractivity contribution >= 4 is 34.7 Å². The van der Waals surface area contributed by atoms with E-state index in [1.54, 1.807) is 22.9 Å². The quantitative estimate of drug-likeness (QED) is 0.175. The maximum Gasteiger partial charge on any atom is 0.228 e. The van der Waals surface area contributed by atoms with Crippen LogP contribution in [0.25, 0.3) is 0 Å². The van der Waals surface area contributed by atoms with E-state index in [0.717, 1.165) is 0 Å². The number of amides is 2. The lowest BCUT2D eigenvalue weighted by molar-refractivity contribution is -0.270. The molecular weight excluding hydrogens is 423 g/mol. The van der Waals surface area contributed by atoms with Crippen molar-refractivity contribution in [2.24, 2.45) is 0 Å². The molecule has 0 aromatic heterocycles. The van der Waals surface area contributed by atoms with Crippen LogP contribution in [-0.2, 0) is 19.1 Å². The van der Waals surface area contributed by atoms with Gasteiger partial charge in [0.2, 0.25) is 11.8 Å². The van der Waals surface area contributed by atoms with E-state index in [-0.39, 0.29) is 12.5 Å². The zero-order valence-electron chi connectivity index (χ0n) is 12.8. The predicted octanol–water partition coefficient (Wildman–Crippen LogP) is -1.42. The van der Waals surface area contributed by atoms with Gasteiger partial charge in [-0.25, -0.2) is 0 Å². The van der Waals surface area contributed by atoms with Crippen molar-refractivity contribution < 1.29 is 34.4 Å². The van der Waals surface area contributed by atoms with E-state index in [4.69, 9.17) is 9.47 Å². The topological polar surface area (TPSA) is 137 Å². The Balaban J connectivity index is 2.53. The average molecular weight is 446 g/mol. The molecule has 0 saturated carbocycles. The standard InChI is InChI=1S/C13H23IN2O7/c1-7(18)15-10-12(21)11(20)8(6-17)23-13(10)22-5-3-2-4-9(19)16-14/h8,10-13,17,20-21H,2-6H2,1H3,(H,15,18)(H,16,19)/t8?,10?,11-,12?,13+/m0/s1. The number of ether oxygens (including phenoxy) is 2. The first-order chi connectivity index (χ1) is 10.9. The molecule has 1 saturated heterocycles. The Morgan fingerprint density at radius 2 is 1.96 bits per heavy atom. The van der Waals surface area contributed by atoms with Crippen molar-refractivity contribution in [2.45, 2.75) is 56.8 Å². The second-order valence-corrected chi connectivity index (χ2v) is 5.82. The Kier molecular flexibility index (Phi) is 9.24. The summed E-state index contributed by atoms with van der Waals surface area (Å²) < 4.78 is 13.4. The molecule has 10 heteroatoms. The van der Waals surface area contributed by atoms with E-state index >= 15 is 0 Å². The Bertz CT molecular complexity index is 399. The minimum Gasteiger partial charge on any atom is -0.394 e. The fraction of sp³-hybridized carbons (Fsp3) is 0.846. The average Bonchev–Trinajstić information content (AvgIpc) is 2.52. The largest absolute Gasteiger partial charge is 0.394 e. The van der Waals surface area contributed by atoms with Crippen molar-refractivity contribution in [3.8, 4) is 0 Å². The number of hydrogen-bond acceptors (Lipinski definition) is 7. The molecule has 134 valence electrons. The summed E-state index contributed by atoms with van der Waals surface area (Å²) in [6, 6.07) is -0.942. The van der Waals surface area contributed by atoms with Crippen LogP contribution in [0.15, 0.2) is 0 Å². The molecule has 1 heterocycles. The monoisotopic (exact) mass is 446 g/mol. The summed E-state index contributed by atoms with van der Waals surface area (Å²) in [5, 5.41) is 31.6. The SMILES string of the molecule is CC(=O)NC1C(O)[C@@H](O)C(CO)O[C@H]1OCCCCC(=O)NI. The zero-order valence-corrected chi connectivity index (χ0v) is 14.9. The highest BCUT2D eigenvalue weighted by Crippen LogP contribution is 2.22. The molecule has 1 aliphatic rings. The van der Waals surface area contributed by atoms with Gasteiger partial charge < -0.3 is 30.1 Å². The van der Waals surface area contributed by atoms with E-state index in [0.29, 0.717) is 19.3 Å². The first-order valence-corrected chi connectivity index (χ1v) is 8.39. The zero-order chi connectivity index (χ0) is 17.4. The van der Waals surface area contributed by atoms with Gasteiger partial charge >= 0.3 is 0 Å². The molecule has 3 unspecified atom stereocenters. The fourth-order valence-electron chi connectivity index (χ4n) is 2.25. The van der Waals surface area contributed by atoms with Crippen LogP contribution in [0.5, 0.6) is 0 Å². The molecule has 1 fully saturated rings. The maximum atomic E-state index is 11.2. The van der Waals surface area contributed by atoms with Gasteiger partial charge in [0, 0.05) is 20.0 Å². The van der Waals surface area contributed by atoms with Crippen molar-refractivity contribution in [1.29, 1.82) is 0 Å². The minimum absolute atomic E-state index is 0.0745. The van der Waals surface area contributed by atoms with Gasteiger partial charge in [-0.3, -0.25) is 13.1 Å². The number of nitrogens with one attached hydrogen (secondary N) is 2. The van der Waals surface area contributed by atoms with Crippen LogP contribution in [-0.4, -0.2) is 71.0 Å². The van der Waals surface area contributed by atoms with Crippen molar-refractivity contribution in [3.05, 3.63) is 0 Å². The number of unbranched alkanes of at least 4 members (excludes halogenated alkanes) is 1. The van der Waals surface area contributed by atoms with Crippen LogP contribution in [0.2, 0.25) is 0 Å². The Labute approximate surface area is 148 Å². The van der Waals surface area contributed by atoms with Crippen LogP contribution in [0.4, 0.5) is 0 Å². The second kappa shape index (κ2) is 10.4. The minimum atomic E-state index is -1.33. The lowest BCUT2D eigenvalue weighted by Gasteiger charge is -2.42. The van der Waals surface area contributed by atoms with Crippen LogP contribution in [0.3, 0.4) is 0 Å². The molecule has 0 spiro atoms. The number of halogens is 1. The number of aliphatic hydroxyl groups is 3. The van der Waals surface area contributed by atoms with Gasteiger partial charge in [-0.05, 0) is 12.8 Å². The number of rotatable bonds is 8. The summed E-state index contributed by atoms with van der Waals surface area (Å²) in [5.74, 6) is -0.478. The molecule has 0 radical (unpaired) electrons. The number of carbonyl (C=O) groups excluding carboxylic acids is 2. The Morgan fingerprint density at radius 3 is 2.52 bits per heavy atom. The number of carbonyl (C=O) groups is 2. The molecular formula is C13H23IN2O7. The Hall–Kier alpha value is -0.530. The molecule has 1 aliphatic heterocycles. The molecule has 23 heavy (non-hydrogen) atoms. The smallest absolute Gasteiger partial charge is 0.228 e. The molecule has 0 bridgehead atoms. The van der Waals surface area contributed by atoms with Crippen LogP contribution < -0.4 is 8.85 Å². The normalized spacial score (nSPS) is 30.7. The molecule has 0 aromatic rings. The highest BCUT2D eigenvalue weighted by Gasteiger charge is 2.45. The van der Waals surface area contributed by atoms with Gasteiger partial charge in [0.1, 0.15) is 24.4 Å². The third-order valence-electron chi connectivity index (χ3n) is 3.44. The third kappa shape index (κ3) is 6.47. The molecule has 9 nitrogen and oxygen atoms in total. The van der Waals surface area contributed by atoms with E-state index in [2.05, 4.69) is 8.85 Å². The summed E-state index contributed by atoms with van der Waals surface area (Å²) in [7, 11) is 0. The Morgan fingerprint density at radius 1 is 1.26 bits per heavy atom. The van der Waals surface area contributed by atoms with Crippen molar-refractivity contribution in [2.75, 3.05) is 13.2 Å². The second-order valence-electron chi connectivity index (χ2n) is 5.28. The summed E-state index contributed by atoms with van der Waals surface area (Å²) >= 11 is 1.77. The van der Waals surface area contributed by atoms with Crippen LogP contribution in [0.1, 0.15) is 26.2 Å². The van der Waals surface area contributed by atoms with Gasteiger partial charge in [-0.15, -0.1) is 0 Å². The molecule has 5 atom stereocenters. The van der Waals surface area contributed by atoms with Crippen molar-refractivity contribution in [3.63, 3.8) is 0 Å². The lowest BCUT2D eigenvalue weighted by Crippen LogP contribution is -2.64. The highest BCUT2D eigenvalue weighted by atomic mass is 127. The molecule has 0 aromatic carbocycles. The van der Waals surface area contributed by atoms with Crippen LogP contribution >= 0.6 is 22.9 Å². The van der Waals surface area contributed by atoms with E-state index in [9.17, 15) is 24.9 Å². The number of hydrogen-bond donors (Lipinski definition) is 5. The van der Waals surface area contributed by atoms with Gasteiger partial charge in [-0.2, -0.15) is 0 Å². The van der Waals surface area contributed by atoms with Gasteiger partial charge in [0.15, 0.2) is 6.29 Å². The molecule has 5 N–H and O–H groups in total. The summed E-state index contributed by atoms with van der Waals surface area (Å²) in [4.78, 5) is 22.3. The summed E-state index contributed by atoms with van der Waals surface area (Å²) in [6.07, 6.45) is -3.07. The summed E-state index contributed by atoms with van der Waals surface area (Å²) in [5.41, 5.74) is 0. The van der Waals surface area contributed by atoms with E-state index < -0.39 is 43.2 Å².